The quantitative estimate of drug-likeness (QED) is 0.677. The second-order valence-corrected chi connectivity index (χ2v) is 6.69. The van der Waals surface area contributed by atoms with Crippen molar-refractivity contribution in [1.29, 1.82) is 0 Å². The van der Waals surface area contributed by atoms with Gasteiger partial charge in [0.2, 0.25) is 0 Å². The van der Waals surface area contributed by atoms with Crippen molar-refractivity contribution in [3.05, 3.63) is 71.0 Å². The van der Waals surface area contributed by atoms with Crippen molar-refractivity contribution in [2.24, 2.45) is 0 Å². The molecule has 4 rings (SSSR count). The number of pyridine rings is 1. The maximum absolute atomic E-state index is 12.2. The number of imidazole rings is 1. The van der Waals surface area contributed by atoms with Crippen LogP contribution in [0.3, 0.4) is 0 Å². The van der Waals surface area contributed by atoms with Crippen LogP contribution >= 0.6 is 0 Å². The van der Waals surface area contributed by atoms with Gasteiger partial charge in [0.05, 0.1) is 12.0 Å². The molecular formula is C20H22N4O. The first-order valence-corrected chi connectivity index (χ1v) is 8.83. The van der Waals surface area contributed by atoms with Gasteiger partial charge in [0.15, 0.2) is 0 Å². The highest BCUT2D eigenvalue weighted by Gasteiger charge is 2.22. The topological polar surface area (TPSA) is 73.6 Å². The minimum absolute atomic E-state index is 0.0792. The lowest BCUT2D eigenvalue weighted by molar-refractivity contribution is 0.412. The Labute approximate surface area is 146 Å². The van der Waals surface area contributed by atoms with Gasteiger partial charge in [-0.15, -0.1) is 0 Å². The fourth-order valence-electron chi connectivity index (χ4n) is 3.67. The lowest BCUT2D eigenvalue weighted by Crippen LogP contribution is -2.28. The van der Waals surface area contributed by atoms with Crippen molar-refractivity contribution in [2.45, 2.75) is 37.6 Å². The van der Waals surface area contributed by atoms with Gasteiger partial charge in [-0.2, -0.15) is 0 Å². The number of aromatic amines is 2. The van der Waals surface area contributed by atoms with E-state index in [4.69, 9.17) is 0 Å². The lowest BCUT2D eigenvalue weighted by atomic mass is 9.82. The fraction of sp³-hybridized carbons (Fsp3) is 0.300. The van der Waals surface area contributed by atoms with E-state index in [9.17, 15) is 4.79 Å². The number of H-pyrrole nitrogens is 2. The van der Waals surface area contributed by atoms with Crippen molar-refractivity contribution < 1.29 is 0 Å². The number of benzene rings is 1. The third kappa shape index (κ3) is 3.50. The van der Waals surface area contributed by atoms with E-state index in [1.165, 1.54) is 5.56 Å². The molecule has 0 saturated heterocycles. The van der Waals surface area contributed by atoms with Crippen LogP contribution in [-0.2, 0) is 0 Å². The zero-order chi connectivity index (χ0) is 17.1. The summed E-state index contributed by atoms with van der Waals surface area (Å²) in [6.45, 7) is 0. The second kappa shape index (κ2) is 6.97. The van der Waals surface area contributed by atoms with Crippen LogP contribution in [0.5, 0.6) is 0 Å². The van der Waals surface area contributed by atoms with Crippen LogP contribution in [0.15, 0.2) is 59.9 Å². The van der Waals surface area contributed by atoms with Crippen LogP contribution in [0, 0.1) is 0 Å². The van der Waals surface area contributed by atoms with Gasteiger partial charge in [0.1, 0.15) is 5.69 Å². The van der Waals surface area contributed by atoms with Gasteiger partial charge < -0.3 is 15.3 Å². The number of aromatic nitrogens is 3. The molecule has 1 fully saturated rings. The van der Waals surface area contributed by atoms with Crippen LogP contribution < -0.4 is 10.9 Å². The Kier molecular flexibility index (Phi) is 4.37. The highest BCUT2D eigenvalue weighted by atomic mass is 16.1. The van der Waals surface area contributed by atoms with Crippen molar-refractivity contribution in [1.82, 2.24) is 15.0 Å². The molecular weight excluding hydrogens is 312 g/mol. The Morgan fingerprint density at radius 3 is 2.56 bits per heavy atom. The maximum atomic E-state index is 12.2. The summed E-state index contributed by atoms with van der Waals surface area (Å²) in [5.74, 6) is 0.632. The van der Waals surface area contributed by atoms with Crippen LogP contribution in [0.25, 0.3) is 11.3 Å². The molecule has 5 heteroatoms. The Bertz CT molecular complexity index is 862. The number of nitrogens with zero attached hydrogens (tertiary/aromatic N) is 1. The summed E-state index contributed by atoms with van der Waals surface area (Å²) in [5, 5.41) is 3.44. The van der Waals surface area contributed by atoms with Gasteiger partial charge in [-0.1, -0.05) is 30.3 Å². The van der Waals surface area contributed by atoms with Crippen molar-refractivity contribution in [3.8, 4) is 11.3 Å². The monoisotopic (exact) mass is 334 g/mol. The predicted octanol–water partition coefficient (Wildman–Crippen LogP) is 3.90. The molecule has 1 aromatic carbocycles. The van der Waals surface area contributed by atoms with Crippen molar-refractivity contribution in [2.75, 3.05) is 5.32 Å². The Morgan fingerprint density at radius 1 is 1.04 bits per heavy atom. The number of nitrogens with one attached hydrogen (secondary N) is 3. The van der Waals surface area contributed by atoms with E-state index in [-0.39, 0.29) is 5.56 Å². The zero-order valence-electron chi connectivity index (χ0n) is 14.0. The Hall–Kier alpha value is -2.82. The summed E-state index contributed by atoms with van der Waals surface area (Å²) in [5.41, 5.74) is 3.71. The average molecular weight is 334 g/mol. The molecule has 0 unspecified atom stereocenters. The number of rotatable bonds is 4. The number of hydrogen-bond donors (Lipinski definition) is 3. The average Bonchev–Trinajstić information content (AvgIpc) is 3.20. The van der Waals surface area contributed by atoms with E-state index in [1.54, 1.807) is 12.5 Å². The maximum Gasteiger partial charge on any atom is 0.271 e. The lowest BCUT2D eigenvalue weighted by Gasteiger charge is -2.29. The van der Waals surface area contributed by atoms with Crippen LogP contribution in [0.4, 0.5) is 5.69 Å². The molecule has 0 spiro atoms. The van der Waals surface area contributed by atoms with E-state index >= 15 is 0 Å². The largest absolute Gasteiger partial charge is 0.378 e. The Morgan fingerprint density at radius 2 is 1.84 bits per heavy atom. The van der Waals surface area contributed by atoms with Crippen LogP contribution in [0.1, 0.15) is 37.2 Å². The van der Waals surface area contributed by atoms with Gasteiger partial charge in [-0.25, -0.2) is 4.98 Å². The van der Waals surface area contributed by atoms with Crippen LogP contribution in [-0.4, -0.2) is 21.0 Å². The minimum atomic E-state index is -0.0792. The van der Waals surface area contributed by atoms with Crippen molar-refractivity contribution >= 4 is 5.69 Å². The molecule has 1 aliphatic rings. The molecule has 0 aliphatic heterocycles. The molecule has 3 aromatic rings. The Balaban J connectivity index is 1.43. The molecule has 3 N–H and O–H groups in total. The van der Waals surface area contributed by atoms with Gasteiger partial charge in [-0.3, -0.25) is 4.79 Å². The van der Waals surface area contributed by atoms with E-state index in [1.807, 2.05) is 12.3 Å². The molecule has 128 valence electrons. The number of anilines is 1. The minimum Gasteiger partial charge on any atom is -0.378 e. The molecule has 2 heterocycles. The van der Waals surface area contributed by atoms with Gasteiger partial charge in [0.25, 0.3) is 5.56 Å². The van der Waals surface area contributed by atoms with Gasteiger partial charge >= 0.3 is 0 Å². The molecule has 0 radical (unpaired) electrons. The molecule has 1 aliphatic carbocycles. The summed E-state index contributed by atoms with van der Waals surface area (Å²) >= 11 is 0. The first-order chi connectivity index (χ1) is 12.3. The highest BCUT2D eigenvalue weighted by Crippen LogP contribution is 2.33. The first kappa shape index (κ1) is 15.7. The predicted molar refractivity (Wildman–Crippen MR) is 99.7 cm³/mol. The van der Waals surface area contributed by atoms with E-state index in [0.29, 0.717) is 17.6 Å². The van der Waals surface area contributed by atoms with E-state index in [0.717, 1.165) is 36.9 Å². The summed E-state index contributed by atoms with van der Waals surface area (Å²) < 4.78 is 0. The van der Waals surface area contributed by atoms with Crippen molar-refractivity contribution in [3.63, 3.8) is 0 Å². The highest BCUT2D eigenvalue weighted by molar-refractivity contribution is 5.62. The summed E-state index contributed by atoms with van der Waals surface area (Å²) in [7, 11) is 0. The summed E-state index contributed by atoms with van der Waals surface area (Å²) in [6.07, 6.45) is 9.62. The molecule has 0 bridgehead atoms. The third-order valence-electron chi connectivity index (χ3n) is 5.06. The third-order valence-corrected chi connectivity index (χ3v) is 5.06. The molecule has 1 saturated carbocycles. The molecule has 2 aromatic heterocycles. The standard InChI is InChI=1S/C20H22N4O/c25-20-18(10-16(11-22-20)19-12-21-13-23-19)24-17-8-6-15(7-9-17)14-4-2-1-3-5-14/h1-5,10-13,15,17,24H,6-9H2,(H,21,23)(H,22,25)/t15-,17+. The normalized spacial score (nSPS) is 20.3. The fourth-order valence-corrected chi connectivity index (χ4v) is 3.67. The van der Waals surface area contributed by atoms with E-state index < -0.39 is 0 Å². The zero-order valence-corrected chi connectivity index (χ0v) is 14.0. The smallest absolute Gasteiger partial charge is 0.271 e. The van der Waals surface area contributed by atoms with Gasteiger partial charge in [0, 0.05) is 24.0 Å². The molecule has 0 amide bonds. The molecule has 0 atom stereocenters. The summed E-state index contributed by atoms with van der Waals surface area (Å²) in [4.78, 5) is 22.1. The molecule has 5 nitrogen and oxygen atoms in total. The SMILES string of the molecule is O=c1[nH]cc(-c2c[nH]cn2)cc1N[C@H]1CC[C@@H](c2ccccc2)CC1. The second-order valence-electron chi connectivity index (χ2n) is 6.69. The molecule has 25 heavy (non-hydrogen) atoms. The van der Waals surface area contributed by atoms with E-state index in [2.05, 4.69) is 50.6 Å². The van der Waals surface area contributed by atoms with Gasteiger partial charge in [-0.05, 0) is 43.2 Å². The number of hydrogen-bond acceptors (Lipinski definition) is 3. The first-order valence-electron chi connectivity index (χ1n) is 8.83. The van der Waals surface area contributed by atoms with Crippen LogP contribution in [0.2, 0.25) is 0 Å². The summed E-state index contributed by atoms with van der Waals surface area (Å²) in [6, 6.07) is 13.0.